The van der Waals surface area contributed by atoms with E-state index in [0.29, 0.717) is 65.0 Å². The molecule has 4 unspecified atom stereocenters. The minimum atomic E-state index is -3.14. The number of rotatable bonds is 8. The van der Waals surface area contributed by atoms with E-state index in [4.69, 9.17) is 26.4 Å². The van der Waals surface area contributed by atoms with E-state index >= 15 is 8.78 Å². The number of imide groups is 1. The van der Waals surface area contributed by atoms with E-state index in [2.05, 4.69) is 55.5 Å². The van der Waals surface area contributed by atoms with E-state index in [1.807, 2.05) is 36.0 Å². The number of benzene rings is 2. The third-order valence-electron chi connectivity index (χ3n) is 13.9. The number of hydrogen-bond donors (Lipinski definition) is 3. The number of carbonyl (C=O) groups excluding carboxylic acids is 2. The Hall–Kier alpha value is -5.55. The van der Waals surface area contributed by atoms with Gasteiger partial charge in [0.1, 0.15) is 5.02 Å². The summed E-state index contributed by atoms with van der Waals surface area (Å²) >= 11 is 6.70. The first-order chi connectivity index (χ1) is 30.2. The molecule has 2 aromatic carbocycles. The third kappa shape index (κ3) is 7.59. The molecule has 0 bridgehead atoms. The maximum absolute atomic E-state index is 15.2. The summed E-state index contributed by atoms with van der Waals surface area (Å²) in [4.78, 5) is 54.7. The number of anilines is 5. The van der Waals surface area contributed by atoms with Gasteiger partial charge in [-0.1, -0.05) is 23.7 Å². The second kappa shape index (κ2) is 15.9. The molecule has 332 valence electrons. The largest absolute Gasteiger partial charge is 0.480 e. The fourth-order valence-electron chi connectivity index (χ4n) is 10.2. The van der Waals surface area contributed by atoms with E-state index in [-0.39, 0.29) is 41.3 Å². The van der Waals surface area contributed by atoms with Crippen LogP contribution in [0.4, 0.5) is 37.6 Å². The highest BCUT2D eigenvalue weighted by molar-refractivity contribution is 6.33. The Morgan fingerprint density at radius 2 is 1.78 bits per heavy atom. The number of alkyl halides is 2. The van der Waals surface area contributed by atoms with Gasteiger partial charge in [-0.25, -0.2) is 13.8 Å². The Bertz CT molecular complexity index is 2700. The van der Waals surface area contributed by atoms with Crippen molar-refractivity contribution < 1.29 is 23.1 Å². The highest BCUT2D eigenvalue weighted by Crippen LogP contribution is 2.46. The van der Waals surface area contributed by atoms with Gasteiger partial charge in [-0.15, -0.1) is 0 Å². The van der Waals surface area contributed by atoms with Crippen molar-refractivity contribution in [1.82, 2.24) is 34.5 Å². The van der Waals surface area contributed by atoms with Crippen molar-refractivity contribution in [3.63, 3.8) is 0 Å². The minimum absolute atomic E-state index is 0.109. The highest BCUT2D eigenvalue weighted by atomic mass is 35.5. The SMILES string of the molecule is CC1CN(c2ncc(Cl)c(Nc3ccc4c(c3)c3c(c(=O)n4C)OCC(F)(F)C(C4CC4)N3)n2)C(C)CN1CC1CCN(c2cccc3c(C4CCC(=O)NC4=O)nn(C)c23)CC1. The molecule has 3 saturated heterocycles. The maximum atomic E-state index is 15.2. The van der Waals surface area contributed by atoms with Gasteiger partial charge in [-0.05, 0) is 82.1 Å². The molecule has 0 spiro atoms. The van der Waals surface area contributed by atoms with Crippen LogP contribution in [0.25, 0.3) is 21.8 Å². The van der Waals surface area contributed by atoms with Crippen LogP contribution >= 0.6 is 11.6 Å². The smallest absolute Gasteiger partial charge is 0.301 e. The first-order valence-corrected chi connectivity index (χ1v) is 22.4. The summed E-state index contributed by atoms with van der Waals surface area (Å²) < 4.78 is 39.3. The van der Waals surface area contributed by atoms with Gasteiger partial charge in [0.2, 0.25) is 23.5 Å². The normalized spacial score (nSPS) is 24.5. The summed E-state index contributed by atoms with van der Waals surface area (Å²) in [7, 11) is 3.54. The molecule has 18 heteroatoms. The van der Waals surface area contributed by atoms with Crippen molar-refractivity contribution in [3.8, 4) is 5.75 Å². The summed E-state index contributed by atoms with van der Waals surface area (Å²) in [5, 5.41) is 15.5. The maximum Gasteiger partial charge on any atom is 0.301 e. The molecule has 4 aliphatic heterocycles. The molecule has 4 atom stereocenters. The van der Waals surface area contributed by atoms with E-state index < -0.39 is 30.0 Å². The molecule has 0 radical (unpaired) electrons. The quantitative estimate of drug-likeness (QED) is 0.153. The van der Waals surface area contributed by atoms with Crippen LogP contribution in [0.3, 0.4) is 0 Å². The van der Waals surface area contributed by atoms with Crippen LogP contribution in [-0.2, 0) is 23.7 Å². The van der Waals surface area contributed by atoms with Crippen molar-refractivity contribution in [2.45, 2.75) is 82.3 Å². The molecule has 7 heterocycles. The molecule has 2 amide bonds. The minimum Gasteiger partial charge on any atom is -0.480 e. The van der Waals surface area contributed by atoms with E-state index in [9.17, 15) is 14.4 Å². The number of nitrogens with zero attached hydrogens (tertiary/aromatic N) is 8. The number of ether oxygens (including phenoxy) is 1. The van der Waals surface area contributed by atoms with E-state index in [1.54, 1.807) is 19.3 Å². The van der Waals surface area contributed by atoms with Crippen LogP contribution in [0.5, 0.6) is 5.75 Å². The zero-order valence-electron chi connectivity index (χ0n) is 35.8. The molecule has 5 aliphatic rings. The number of halogens is 3. The Kier molecular flexibility index (Phi) is 10.5. The molecular weight excluding hydrogens is 832 g/mol. The van der Waals surface area contributed by atoms with Crippen molar-refractivity contribution in [1.29, 1.82) is 0 Å². The molecule has 5 aromatic rings. The average molecular weight is 884 g/mol. The predicted octanol–water partition coefficient (Wildman–Crippen LogP) is 6.17. The molecule has 10 rings (SSSR count). The molecule has 4 fully saturated rings. The number of piperidine rings is 2. The fourth-order valence-corrected chi connectivity index (χ4v) is 10.4. The van der Waals surface area contributed by atoms with Crippen LogP contribution in [0.2, 0.25) is 5.02 Å². The van der Waals surface area contributed by atoms with Gasteiger partial charge in [0.05, 0.1) is 46.3 Å². The zero-order valence-corrected chi connectivity index (χ0v) is 36.6. The fraction of sp³-hybridized carbons (Fsp3) is 0.511. The third-order valence-corrected chi connectivity index (χ3v) is 14.1. The van der Waals surface area contributed by atoms with Crippen LogP contribution < -0.4 is 36.0 Å². The Labute approximate surface area is 368 Å². The van der Waals surface area contributed by atoms with Gasteiger partial charge >= 0.3 is 5.92 Å². The number of amides is 2. The Morgan fingerprint density at radius 3 is 2.54 bits per heavy atom. The highest BCUT2D eigenvalue weighted by Gasteiger charge is 2.51. The number of pyridine rings is 1. The first kappa shape index (κ1) is 41.5. The second-order valence-corrected chi connectivity index (χ2v) is 18.6. The lowest BCUT2D eigenvalue weighted by Gasteiger charge is -2.46. The van der Waals surface area contributed by atoms with E-state index in [1.165, 1.54) is 4.57 Å². The second-order valence-electron chi connectivity index (χ2n) is 18.2. The lowest BCUT2D eigenvalue weighted by atomic mass is 9.92. The van der Waals surface area contributed by atoms with Crippen LogP contribution in [-0.4, -0.2) is 104 Å². The number of carbonyl (C=O) groups is 2. The summed E-state index contributed by atoms with van der Waals surface area (Å²) in [6.45, 7) is 7.98. The summed E-state index contributed by atoms with van der Waals surface area (Å²) in [5.41, 5.74) is 3.85. The lowest BCUT2D eigenvalue weighted by molar-refractivity contribution is -0.134. The van der Waals surface area contributed by atoms with Crippen LogP contribution in [0.15, 0.2) is 47.4 Å². The summed E-state index contributed by atoms with van der Waals surface area (Å²) in [5.74, 6) is -2.88. The van der Waals surface area contributed by atoms with Gasteiger partial charge in [-0.2, -0.15) is 10.1 Å². The summed E-state index contributed by atoms with van der Waals surface area (Å²) in [6, 6.07) is 10.8. The number of fused-ring (bicyclic) bond motifs is 4. The molecular formula is C45H52ClF2N11O4. The van der Waals surface area contributed by atoms with Gasteiger partial charge in [0, 0.05) is 81.8 Å². The predicted molar refractivity (Wildman–Crippen MR) is 239 cm³/mol. The first-order valence-electron chi connectivity index (χ1n) is 22.0. The van der Waals surface area contributed by atoms with Crippen molar-refractivity contribution in [3.05, 3.63) is 63.7 Å². The van der Waals surface area contributed by atoms with E-state index in [0.717, 1.165) is 67.8 Å². The van der Waals surface area contributed by atoms with Gasteiger partial charge in [-0.3, -0.25) is 29.3 Å². The molecule has 1 saturated carbocycles. The number of piperazine rings is 1. The monoisotopic (exact) mass is 883 g/mol. The standard InChI is InChI=1S/C45H52ClF2N11O4/c1-24-21-59(25(2)20-58(24)22-26-14-16-57(17-15-26)34-7-5-6-29-36(54-56(4)38(29)34)30-11-13-35(60)51-42(30)61)44-49-19-32(46)41(53-44)50-28-10-12-33-31(18-28)37-39(43(62)55(33)3)63-23-45(47,48)40(52-37)27-8-9-27/h5-7,10,12,18-19,24-27,30,40,52H,8-9,11,13-17,20-23H2,1-4H3,(H,49,50,53)(H,51,60,61). The van der Waals surface area contributed by atoms with Crippen molar-refractivity contribution in [2.24, 2.45) is 25.9 Å². The number of aromatic nitrogens is 5. The molecule has 1 aliphatic carbocycles. The summed E-state index contributed by atoms with van der Waals surface area (Å²) in [6.07, 6.45) is 5.88. The topological polar surface area (TPSA) is 155 Å². The van der Waals surface area contributed by atoms with Gasteiger partial charge in [0.15, 0.2) is 12.4 Å². The van der Waals surface area contributed by atoms with Crippen LogP contribution in [0.1, 0.15) is 64.0 Å². The number of aryl methyl sites for hydroxylation is 2. The molecule has 15 nitrogen and oxygen atoms in total. The van der Waals surface area contributed by atoms with Crippen molar-refractivity contribution >= 4 is 74.0 Å². The van der Waals surface area contributed by atoms with Gasteiger partial charge < -0.3 is 29.7 Å². The van der Waals surface area contributed by atoms with Gasteiger partial charge in [0.25, 0.3) is 5.56 Å². The number of hydrogen-bond acceptors (Lipinski definition) is 12. The number of nitrogens with one attached hydrogen (secondary N) is 3. The Morgan fingerprint density at radius 1 is 0.984 bits per heavy atom. The van der Waals surface area contributed by atoms with Crippen LogP contribution in [0, 0.1) is 11.8 Å². The lowest BCUT2D eigenvalue weighted by Crippen LogP contribution is -2.58. The molecule has 63 heavy (non-hydrogen) atoms. The van der Waals surface area contributed by atoms with Crippen molar-refractivity contribution in [2.75, 3.05) is 59.8 Å². The average Bonchev–Trinajstić information content (AvgIpc) is 4.06. The Balaban J connectivity index is 0.805. The zero-order chi connectivity index (χ0) is 43.9. The molecule has 3 N–H and O–H groups in total. The molecule has 3 aromatic heterocycles. The number of para-hydroxylation sites is 1.